The second-order valence-corrected chi connectivity index (χ2v) is 6.51. The van der Waals surface area contributed by atoms with E-state index in [4.69, 9.17) is 29.4 Å². The third-order valence-electron chi connectivity index (χ3n) is 5.63. The fraction of sp³-hybridized carbons (Fsp3) is 0.500. The Labute approximate surface area is 155 Å². The van der Waals surface area contributed by atoms with Crippen LogP contribution < -0.4 is 19.9 Å². The standard InChI is InChI=1S/C18H18N4O5/c1-23-11-6-10(7-12(24-2)13(11)25-3)14-16(8-19)15(21)22-18(17(14,16)9-20)26-4-5-27-18/h6-7,14H,4-5H2,1-3H3,(H2,21,22). The summed E-state index contributed by atoms with van der Waals surface area (Å²) in [4.78, 5) is 4.25. The Balaban J connectivity index is 1.93. The predicted octanol–water partition coefficient (Wildman–Crippen LogP) is 0.901. The highest BCUT2D eigenvalue weighted by Gasteiger charge is 2.94. The zero-order valence-corrected chi connectivity index (χ0v) is 15.1. The second-order valence-electron chi connectivity index (χ2n) is 6.51. The van der Waals surface area contributed by atoms with Crippen molar-refractivity contribution >= 4 is 5.84 Å². The quantitative estimate of drug-likeness (QED) is 0.827. The molecule has 27 heavy (non-hydrogen) atoms. The van der Waals surface area contributed by atoms with Gasteiger partial charge in [0.15, 0.2) is 16.9 Å². The fourth-order valence-corrected chi connectivity index (χ4v) is 4.49. The van der Waals surface area contributed by atoms with E-state index in [1.165, 1.54) is 21.3 Å². The lowest BCUT2D eigenvalue weighted by Crippen LogP contribution is -2.38. The molecule has 9 heteroatoms. The molecule has 2 aliphatic heterocycles. The summed E-state index contributed by atoms with van der Waals surface area (Å²) in [6.07, 6.45) is 0. The van der Waals surface area contributed by atoms with Gasteiger partial charge in [0.05, 0.1) is 46.7 Å². The maximum Gasteiger partial charge on any atom is 0.293 e. The number of nitrogens with zero attached hydrogens (tertiary/aromatic N) is 3. The molecule has 4 rings (SSSR count). The van der Waals surface area contributed by atoms with Crippen LogP contribution in [0, 0.1) is 33.5 Å². The third-order valence-corrected chi connectivity index (χ3v) is 5.63. The SMILES string of the molecule is COc1cc(C2C3(C#N)C(N)=NC4(OCCO4)C23C#N)cc(OC)c1OC. The van der Waals surface area contributed by atoms with Crippen molar-refractivity contribution in [2.24, 2.45) is 21.6 Å². The summed E-state index contributed by atoms with van der Waals surface area (Å²) in [7, 11) is 4.49. The van der Waals surface area contributed by atoms with Crippen molar-refractivity contribution in [2.45, 2.75) is 11.8 Å². The zero-order valence-electron chi connectivity index (χ0n) is 15.1. The molecule has 0 aromatic heterocycles. The highest BCUT2D eigenvalue weighted by atomic mass is 16.8. The van der Waals surface area contributed by atoms with Crippen LogP contribution in [0.1, 0.15) is 11.5 Å². The van der Waals surface area contributed by atoms with Crippen LogP contribution in [0.4, 0.5) is 0 Å². The van der Waals surface area contributed by atoms with Crippen LogP contribution in [-0.2, 0) is 9.47 Å². The molecule has 2 heterocycles. The molecule has 1 aromatic rings. The first-order valence-corrected chi connectivity index (χ1v) is 8.28. The van der Waals surface area contributed by atoms with Gasteiger partial charge < -0.3 is 29.4 Å². The van der Waals surface area contributed by atoms with Gasteiger partial charge in [-0.3, -0.25) is 0 Å². The van der Waals surface area contributed by atoms with Crippen molar-refractivity contribution in [3.05, 3.63) is 17.7 Å². The second kappa shape index (κ2) is 5.49. The van der Waals surface area contributed by atoms with Crippen molar-refractivity contribution < 1.29 is 23.7 Å². The largest absolute Gasteiger partial charge is 0.493 e. The topological polar surface area (TPSA) is 132 Å². The summed E-state index contributed by atoms with van der Waals surface area (Å²) < 4.78 is 27.6. The minimum atomic E-state index is -1.58. The number of benzene rings is 1. The first kappa shape index (κ1) is 17.4. The van der Waals surface area contributed by atoms with Crippen LogP contribution >= 0.6 is 0 Å². The maximum absolute atomic E-state index is 10.1. The van der Waals surface area contributed by atoms with Crippen molar-refractivity contribution in [2.75, 3.05) is 34.5 Å². The van der Waals surface area contributed by atoms with Crippen LogP contribution in [0.15, 0.2) is 17.1 Å². The average Bonchev–Trinajstić information content (AvgIpc) is 2.95. The Morgan fingerprint density at radius 1 is 1.07 bits per heavy atom. The van der Waals surface area contributed by atoms with Crippen molar-refractivity contribution in [3.63, 3.8) is 0 Å². The van der Waals surface area contributed by atoms with Crippen LogP contribution in [0.2, 0.25) is 0 Å². The number of hydrogen-bond acceptors (Lipinski definition) is 9. The number of aliphatic imine (C=N–C) groups is 1. The number of nitriles is 2. The normalized spacial score (nSPS) is 32.2. The van der Waals surface area contributed by atoms with E-state index in [0.29, 0.717) is 22.8 Å². The molecule has 1 saturated carbocycles. The molecule has 140 valence electrons. The van der Waals surface area contributed by atoms with E-state index in [0.717, 1.165) is 0 Å². The van der Waals surface area contributed by atoms with Gasteiger partial charge in [0.2, 0.25) is 5.75 Å². The van der Waals surface area contributed by atoms with Gasteiger partial charge in [-0.1, -0.05) is 0 Å². The lowest BCUT2D eigenvalue weighted by molar-refractivity contribution is -0.184. The van der Waals surface area contributed by atoms with E-state index in [1.54, 1.807) is 12.1 Å². The lowest BCUT2D eigenvalue weighted by Gasteiger charge is -2.26. The molecule has 1 aliphatic carbocycles. The molecule has 9 nitrogen and oxygen atoms in total. The fourth-order valence-electron chi connectivity index (χ4n) is 4.49. The molecular formula is C18H18N4O5. The Morgan fingerprint density at radius 3 is 2.11 bits per heavy atom. The first-order valence-electron chi connectivity index (χ1n) is 8.28. The highest BCUT2D eigenvalue weighted by Crippen LogP contribution is 2.82. The van der Waals surface area contributed by atoms with E-state index in [9.17, 15) is 10.5 Å². The van der Waals surface area contributed by atoms with E-state index in [2.05, 4.69) is 17.1 Å². The van der Waals surface area contributed by atoms with Gasteiger partial charge in [-0.05, 0) is 17.7 Å². The van der Waals surface area contributed by atoms with Crippen molar-refractivity contribution in [1.82, 2.24) is 0 Å². The molecule has 0 radical (unpaired) electrons. The van der Waals surface area contributed by atoms with Gasteiger partial charge in [0.25, 0.3) is 5.91 Å². The molecule has 3 aliphatic rings. The number of hydrogen-bond donors (Lipinski definition) is 1. The maximum atomic E-state index is 10.1. The minimum absolute atomic E-state index is 0.0344. The summed E-state index contributed by atoms with van der Waals surface area (Å²) in [5, 5.41) is 20.1. The lowest BCUT2D eigenvalue weighted by atomic mass is 9.94. The summed E-state index contributed by atoms with van der Waals surface area (Å²) >= 11 is 0. The van der Waals surface area contributed by atoms with Crippen LogP contribution in [0.5, 0.6) is 17.2 Å². The Kier molecular flexibility index (Phi) is 3.54. The van der Waals surface area contributed by atoms with E-state index >= 15 is 0 Å². The molecule has 3 atom stereocenters. The monoisotopic (exact) mass is 370 g/mol. The molecule has 1 aromatic carbocycles. The molecule has 3 unspecified atom stereocenters. The summed E-state index contributed by atoms with van der Waals surface area (Å²) in [6.45, 7) is 0.535. The number of fused-ring (bicyclic) bond motifs is 2. The molecule has 2 fully saturated rings. The Bertz CT molecular complexity index is 902. The summed E-state index contributed by atoms with van der Waals surface area (Å²) in [5.74, 6) is -0.924. The molecule has 1 saturated heterocycles. The van der Waals surface area contributed by atoms with E-state index in [1.807, 2.05) is 0 Å². The predicted molar refractivity (Wildman–Crippen MR) is 91.2 cm³/mol. The smallest absolute Gasteiger partial charge is 0.293 e. The zero-order chi connectivity index (χ0) is 19.4. The van der Waals surface area contributed by atoms with Gasteiger partial charge in [-0.15, -0.1) is 0 Å². The summed E-state index contributed by atoms with van der Waals surface area (Å²) in [5.41, 5.74) is 4.02. The van der Waals surface area contributed by atoms with Gasteiger partial charge in [0.1, 0.15) is 11.3 Å². The highest BCUT2D eigenvalue weighted by molar-refractivity contribution is 6.00. The van der Waals surface area contributed by atoms with Crippen molar-refractivity contribution in [1.29, 1.82) is 10.5 Å². The van der Waals surface area contributed by atoms with Crippen LogP contribution in [-0.4, -0.2) is 46.3 Å². The number of amidine groups is 1. The number of nitrogens with two attached hydrogens (primary N) is 1. The van der Waals surface area contributed by atoms with E-state index in [-0.39, 0.29) is 19.0 Å². The molecule has 0 amide bonds. The van der Waals surface area contributed by atoms with Gasteiger partial charge in [0, 0.05) is 5.92 Å². The molecule has 0 bridgehead atoms. The number of methoxy groups -OCH3 is 3. The van der Waals surface area contributed by atoms with Crippen LogP contribution in [0.25, 0.3) is 0 Å². The molecular weight excluding hydrogens is 352 g/mol. The molecule has 1 spiro atoms. The average molecular weight is 370 g/mol. The van der Waals surface area contributed by atoms with Crippen LogP contribution in [0.3, 0.4) is 0 Å². The van der Waals surface area contributed by atoms with Gasteiger partial charge in [-0.2, -0.15) is 10.5 Å². The first-order chi connectivity index (χ1) is 13.0. The van der Waals surface area contributed by atoms with Gasteiger partial charge >= 0.3 is 0 Å². The molecule has 2 N–H and O–H groups in total. The summed E-state index contributed by atoms with van der Waals surface area (Å²) in [6, 6.07) is 7.86. The van der Waals surface area contributed by atoms with Gasteiger partial charge in [-0.25, -0.2) is 4.99 Å². The third kappa shape index (κ3) is 1.71. The van der Waals surface area contributed by atoms with E-state index < -0.39 is 22.7 Å². The number of rotatable bonds is 4. The number of ether oxygens (including phenoxy) is 5. The minimum Gasteiger partial charge on any atom is -0.493 e. The van der Waals surface area contributed by atoms with Crippen molar-refractivity contribution in [3.8, 4) is 29.4 Å². The Morgan fingerprint density at radius 2 is 1.67 bits per heavy atom. The Hall–Kier alpha value is -3.01.